The Morgan fingerprint density at radius 2 is 1.69 bits per heavy atom. The van der Waals surface area contributed by atoms with Crippen LogP contribution in [0.3, 0.4) is 0 Å². The van der Waals surface area contributed by atoms with Gasteiger partial charge in [0.15, 0.2) is 6.61 Å². The number of nitrogens with one attached hydrogen (secondary N) is 3. The summed E-state index contributed by atoms with van der Waals surface area (Å²) in [6.45, 7) is 7.97. The van der Waals surface area contributed by atoms with Crippen molar-refractivity contribution >= 4 is 33.6 Å². The largest absolute Gasteiger partial charge is 0.452 e. The average molecular weight is 462 g/mol. The highest BCUT2D eigenvalue weighted by Crippen LogP contribution is 2.22. The Kier molecular flexibility index (Phi) is 7.63. The van der Waals surface area contributed by atoms with Crippen LogP contribution in [0, 0.1) is 13.8 Å². The summed E-state index contributed by atoms with van der Waals surface area (Å²) in [6, 6.07) is 10.2. The molecule has 32 heavy (non-hydrogen) atoms. The second-order valence-corrected chi connectivity index (χ2v) is 9.93. The lowest BCUT2D eigenvalue weighted by molar-refractivity contribution is -0.123. The molecule has 0 saturated carbocycles. The van der Waals surface area contributed by atoms with Crippen LogP contribution in [0.5, 0.6) is 0 Å². The van der Waals surface area contributed by atoms with E-state index >= 15 is 0 Å². The number of sulfonamides is 1. The van der Waals surface area contributed by atoms with Crippen LogP contribution >= 0.6 is 0 Å². The first kappa shape index (κ1) is 24.9. The highest BCUT2D eigenvalue weighted by Gasteiger charge is 2.21. The SMILES string of the molecule is Cc1cccc(NS(=O)(=O)c2cc(C(=O)OCC(=O)NC(=O)NC(C)(C)C)ccc2C)c1. The van der Waals surface area contributed by atoms with Gasteiger partial charge in [0.2, 0.25) is 0 Å². The Balaban J connectivity index is 2.08. The maximum absolute atomic E-state index is 12.8. The van der Waals surface area contributed by atoms with Crippen LogP contribution in [0.15, 0.2) is 47.4 Å². The van der Waals surface area contributed by atoms with Gasteiger partial charge in [-0.1, -0.05) is 18.2 Å². The predicted molar refractivity (Wildman–Crippen MR) is 120 cm³/mol. The first-order chi connectivity index (χ1) is 14.8. The van der Waals surface area contributed by atoms with Crippen LogP contribution in [0.25, 0.3) is 0 Å². The number of ether oxygens (including phenoxy) is 1. The molecule has 10 heteroatoms. The molecule has 2 aromatic rings. The van der Waals surface area contributed by atoms with Crippen LogP contribution < -0.4 is 15.4 Å². The molecule has 0 spiro atoms. The van der Waals surface area contributed by atoms with Gasteiger partial charge in [-0.3, -0.25) is 14.8 Å². The van der Waals surface area contributed by atoms with Gasteiger partial charge in [-0.05, 0) is 70.0 Å². The summed E-state index contributed by atoms with van der Waals surface area (Å²) in [6.07, 6.45) is 0. The summed E-state index contributed by atoms with van der Waals surface area (Å²) in [4.78, 5) is 35.8. The van der Waals surface area contributed by atoms with Crippen LogP contribution in [-0.4, -0.2) is 38.5 Å². The number of hydrogen-bond donors (Lipinski definition) is 3. The van der Waals surface area contributed by atoms with E-state index in [1.54, 1.807) is 45.9 Å². The second kappa shape index (κ2) is 9.82. The zero-order valence-corrected chi connectivity index (χ0v) is 19.4. The van der Waals surface area contributed by atoms with Crippen molar-refractivity contribution in [2.75, 3.05) is 11.3 Å². The van der Waals surface area contributed by atoms with E-state index in [1.807, 2.05) is 18.3 Å². The van der Waals surface area contributed by atoms with Crippen LogP contribution in [0.4, 0.5) is 10.5 Å². The van der Waals surface area contributed by atoms with Crippen LogP contribution in [0.1, 0.15) is 42.3 Å². The number of aryl methyl sites for hydroxylation is 2. The molecule has 0 aliphatic heterocycles. The number of hydrogen-bond acceptors (Lipinski definition) is 6. The van der Waals surface area contributed by atoms with Crippen molar-refractivity contribution in [3.63, 3.8) is 0 Å². The molecule has 172 valence electrons. The van der Waals surface area contributed by atoms with Crippen molar-refractivity contribution in [3.05, 3.63) is 59.2 Å². The average Bonchev–Trinajstić information content (AvgIpc) is 2.64. The van der Waals surface area contributed by atoms with Crippen molar-refractivity contribution in [3.8, 4) is 0 Å². The fourth-order valence-corrected chi connectivity index (χ4v) is 4.01. The standard InChI is InChI=1S/C22H27N3O6S/c1-14-7-6-8-17(11-14)25-32(29,30)18-12-16(10-9-15(18)2)20(27)31-13-19(26)23-21(28)24-22(3,4)5/h6-12,25H,13H2,1-5H3,(H2,23,24,26,28). The second-order valence-electron chi connectivity index (χ2n) is 8.28. The van der Waals surface area contributed by atoms with Gasteiger partial charge in [-0.2, -0.15) is 0 Å². The zero-order chi connectivity index (χ0) is 24.1. The van der Waals surface area contributed by atoms with Crippen molar-refractivity contribution in [2.24, 2.45) is 0 Å². The molecule has 0 unspecified atom stereocenters. The minimum atomic E-state index is -3.97. The first-order valence-electron chi connectivity index (χ1n) is 9.76. The number of carbonyl (C=O) groups excluding carboxylic acids is 3. The number of esters is 1. The third kappa shape index (κ3) is 7.38. The smallest absolute Gasteiger partial charge is 0.338 e. The van der Waals surface area contributed by atoms with Gasteiger partial charge in [0.05, 0.1) is 10.5 Å². The minimum absolute atomic E-state index is 0.0489. The summed E-state index contributed by atoms with van der Waals surface area (Å²) >= 11 is 0. The quantitative estimate of drug-likeness (QED) is 0.567. The maximum atomic E-state index is 12.8. The van der Waals surface area contributed by atoms with Gasteiger partial charge in [0.1, 0.15) is 0 Å². The monoisotopic (exact) mass is 461 g/mol. The summed E-state index contributed by atoms with van der Waals surface area (Å²) in [5.41, 5.74) is 1.11. The van der Waals surface area contributed by atoms with E-state index in [9.17, 15) is 22.8 Å². The molecule has 2 aromatic carbocycles. The van der Waals surface area contributed by atoms with Crippen molar-refractivity contribution < 1.29 is 27.5 Å². The Bertz CT molecular complexity index is 1140. The fourth-order valence-electron chi connectivity index (χ4n) is 2.68. The van der Waals surface area contributed by atoms with Crippen LogP contribution in [0.2, 0.25) is 0 Å². The van der Waals surface area contributed by atoms with Gasteiger partial charge < -0.3 is 10.1 Å². The number of anilines is 1. The Labute approximate surface area is 187 Å². The molecule has 9 nitrogen and oxygen atoms in total. The number of benzene rings is 2. The van der Waals surface area contributed by atoms with E-state index in [-0.39, 0.29) is 10.5 Å². The molecule has 2 rings (SSSR count). The van der Waals surface area contributed by atoms with Crippen molar-refractivity contribution in [2.45, 2.75) is 45.1 Å². The molecule has 0 saturated heterocycles. The van der Waals surface area contributed by atoms with Gasteiger partial charge in [0.25, 0.3) is 15.9 Å². The number of amides is 3. The predicted octanol–water partition coefficient (Wildman–Crippen LogP) is 2.89. The number of urea groups is 1. The highest BCUT2D eigenvalue weighted by molar-refractivity contribution is 7.92. The van der Waals surface area contributed by atoms with E-state index in [2.05, 4.69) is 10.0 Å². The molecule has 0 radical (unpaired) electrons. The number of carbonyl (C=O) groups is 3. The van der Waals surface area contributed by atoms with Gasteiger partial charge in [-0.15, -0.1) is 0 Å². The molecule has 0 bridgehead atoms. The third-order valence-corrected chi connectivity index (χ3v) is 5.58. The molecule has 0 aromatic heterocycles. The van der Waals surface area contributed by atoms with E-state index in [4.69, 9.17) is 4.74 Å². The molecular weight excluding hydrogens is 434 g/mol. The Morgan fingerprint density at radius 1 is 1.00 bits per heavy atom. The van der Waals surface area contributed by atoms with Gasteiger partial charge in [0, 0.05) is 11.2 Å². The topological polar surface area (TPSA) is 131 Å². The number of imide groups is 1. The van der Waals surface area contributed by atoms with Gasteiger partial charge in [-0.25, -0.2) is 18.0 Å². The normalized spacial score (nSPS) is 11.4. The van der Waals surface area contributed by atoms with Gasteiger partial charge >= 0.3 is 12.0 Å². The molecule has 0 aliphatic carbocycles. The van der Waals surface area contributed by atoms with E-state index in [0.717, 1.165) is 5.56 Å². The maximum Gasteiger partial charge on any atom is 0.338 e. The van der Waals surface area contributed by atoms with Crippen molar-refractivity contribution in [1.29, 1.82) is 0 Å². The van der Waals surface area contributed by atoms with Crippen LogP contribution in [-0.2, 0) is 19.6 Å². The third-order valence-electron chi connectivity index (χ3n) is 4.06. The fraction of sp³-hybridized carbons (Fsp3) is 0.318. The Hall–Kier alpha value is -3.40. The summed E-state index contributed by atoms with van der Waals surface area (Å²) in [5, 5.41) is 4.59. The zero-order valence-electron chi connectivity index (χ0n) is 18.6. The molecule has 0 fully saturated rings. The first-order valence-corrected chi connectivity index (χ1v) is 11.2. The molecule has 0 aliphatic rings. The summed E-state index contributed by atoms with van der Waals surface area (Å²) in [5.74, 6) is -1.72. The van der Waals surface area contributed by atoms with E-state index in [1.165, 1.54) is 18.2 Å². The lowest BCUT2D eigenvalue weighted by Gasteiger charge is -2.20. The van der Waals surface area contributed by atoms with E-state index < -0.39 is 40.1 Å². The lowest BCUT2D eigenvalue weighted by atomic mass is 10.1. The van der Waals surface area contributed by atoms with Crippen molar-refractivity contribution in [1.82, 2.24) is 10.6 Å². The number of rotatable bonds is 6. The lowest BCUT2D eigenvalue weighted by Crippen LogP contribution is -2.49. The molecule has 3 amide bonds. The van der Waals surface area contributed by atoms with E-state index in [0.29, 0.717) is 11.3 Å². The molecule has 0 atom stereocenters. The minimum Gasteiger partial charge on any atom is -0.452 e. The Morgan fingerprint density at radius 3 is 2.31 bits per heavy atom. The summed E-state index contributed by atoms with van der Waals surface area (Å²) < 4.78 is 33.1. The highest BCUT2D eigenvalue weighted by atomic mass is 32.2. The summed E-state index contributed by atoms with van der Waals surface area (Å²) in [7, 11) is -3.97. The molecule has 3 N–H and O–H groups in total. The molecule has 0 heterocycles. The molecular formula is C22H27N3O6S.